The summed E-state index contributed by atoms with van der Waals surface area (Å²) in [5.74, 6) is 2.97. The highest BCUT2D eigenvalue weighted by atomic mass is 32.1. The maximum absolute atomic E-state index is 5.99. The lowest BCUT2D eigenvalue weighted by atomic mass is 9.88. The lowest BCUT2D eigenvalue weighted by molar-refractivity contribution is 0.280. The number of fused-ring (bicyclic) bond motifs is 1. The molecule has 1 aliphatic heterocycles. The first-order chi connectivity index (χ1) is 16.6. The molecular formula is C27H36N2O4S. The number of hydrogen-bond donors (Lipinski definition) is 1. The Morgan fingerprint density at radius 2 is 1.53 bits per heavy atom. The van der Waals surface area contributed by atoms with Crippen LogP contribution in [0.3, 0.4) is 0 Å². The molecule has 34 heavy (non-hydrogen) atoms. The normalized spacial score (nSPS) is 18.1. The van der Waals surface area contributed by atoms with Crippen molar-refractivity contribution in [2.24, 2.45) is 0 Å². The average molecular weight is 485 g/mol. The van der Waals surface area contributed by atoms with E-state index in [9.17, 15) is 0 Å². The predicted octanol–water partition coefficient (Wildman–Crippen LogP) is 5.07. The van der Waals surface area contributed by atoms with Crippen molar-refractivity contribution < 1.29 is 18.9 Å². The summed E-state index contributed by atoms with van der Waals surface area (Å²) in [6.45, 7) is 0.860. The molecule has 2 aromatic carbocycles. The predicted molar refractivity (Wildman–Crippen MR) is 139 cm³/mol. The van der Waals surface area contributed by atoms with Gasteiger partial charge in [0.1, 0.15) is 0 Å². The first kappa shape index (κ1) is 24.5. The molecule has 0 radical (unpaired) electrons. The monoisotopic (exact) mass is 484 g/mol. The first-order valence-electron chi connectivity index (χ1n) is 12.1. The van der Waals surface area contributed by atoms with Gasteiger partial charge in [-0.2, -0.15) is 0 Å². The largest absolute Gasteiger partial charge is 0.493 e. The molecule has 184 valence electrons. The first-order valence-corrected chi connectivity index (χ1v) is 12.5. The Kier molecular flexibility index (Phi) is 8.03. The zero-order valence-electron chi connectivity index (χ0n) is 20.7. The summed E-state index contributed by atoms with van der Waals surface area (Å²) in [6.07, 6.45) is 7.95. The summed E-state index contributed by atoms with van der Waals surface area (Å²) >= 11 is 5.99. The van der Waals surface area contributed by atoms with E-state index in [1.54, 1.807) is 28.4 Å². The molecule has 0 amide bonds. The van der Waals surface area contributed by atoms with Crippen molar-refractivity contribution in [2.75, 3.05) is 35.0 Å². The summed E-state index contributed by atoms with van der Waals surface area (Å²) < 4.78 is 22.2. The molecule has 4 rings (SSSR count). The van der Waals surface area contributed by atoms with Gasteiger partial charge in [0.15, 0.2) is 28.1 Å². The van der Waals surface area contributed by atoms with Gasteiger partial charge in [-0.1, -0.05) is 25.3 Å². The molecule has 0 bridgehead atoms. The van der Waals surface area contributed by atoms with Gasteiger partial charge in [-0.25, -0.2) is 0 Å². The van der Waals surface area contributed by atoms with Gasteiger partial charge >= 0.3 is 0 Å². The molecule has 0 saturated heterocycles. The molecule has 2 aromatic rings. The van der Waals surface area contributed by atoms with Crippen LogP contribution in [0.4, 0.5) is 0 Å². The Labute approximate surface area is 208 Å². The molecule has 1 saturated carbocycles. The van der Waals surface area contributed by atoms with E-state index in [4.69, 9.17) is 31.2 Å². The minimum Gasteiger partial charge on any atom is -0.493 e. The summed E-state index contributed by atoms with van der Waals surface area (Å²) in [6, 6.07) is 10.9. The highest BCUT2D eigenvalue weighted by molar-refractivity contribution is 7.80. The average Bonchev–Trinajstić information content (AvgIpc) is 2.88. The fourth-order valence-corrected chi connectivity index (χ4v) is 5.61. The van der Waals surface area contributed by atoms with E-state index in [2.05, 4.69) is 34.5 Å². The topological polar surface area (TPSA) is 52.2 Å². The van der Waals surface area contributed by atoms with Gasteiger partial charge in [0.25, 0.3) is 0 Å². The maximum Gasteiger partial charge on any atom is 0.169 e. The number of thiocarbonyl (C=S) groups is 1. The lowest BCUT2D eigenvalue weighted by Crippen LogP contribution is -2.49. The number of nitrogens with zero attached hydrogens (tertiary/aromatic N) is 1. The van der Waals surface area contributed by atoms with Crippen molar-refractivity contribution in [3.63, 3.8) is 0 Å². The highest BCUT2D eigenvalue weighted by Gasteiger charge is 2.32. The van der Waals surface area contributed by atoms with Crippen LogP contribution in [0.2, 0.25) is 0 Å². The van der Waals surface area contributed by atoms with Crippen LogP contribution in [0.15, 0.2) is 30.3 Å². The van der Waals surface area contributed by atoms with E-state index < -0.39 is 0 Å². The second-order valence-corrected chi connectivity index (χ2v) is 9.43. The van der Waals surface area contributed by atoms with Crippen LogP contribution >= 0.6 is 12.2 Å². The van der Waals surface area contributed by atoms with E-state index in [1.165, 1.54) is 43.2 Å². The molecule has 1 aliphatic carbocycles. The third-order valence-electron chi connectivity index (χ3n) is 7.07. The molecule has 1 heterocycles. The van der Waals surface area contributed by atoms with Crippen LogP contribution in [0.1, 0.15) is 54.8 Å². The number of ether oxygens (including phenoxy) is 4. The van der Waals surface area contributed by atoms with Crippen molar-refractivity contribution in [3.8, 4) is 23.0 Å². The molecule has 1 N–H and O–H groups in total. The van der Waals surface area contributed by atoms with Gasteiger partial charge in [-0.05, 0) is 78.9 Å². The fourth-order valence-electron chi connectivity index (χ4n) is 5.23. The summed E-state index contributed by atoms with van der Waals surface area (Å²) in [4.78, 5) is 2.36. The Hall–Kier alpha value is -2.67. The van der Waals surface area contributed by atoms with Gasteiger partial charge in [0.2, 0.25) is 0 Å². The van der Waals surface area contributed by atoms with Gasteiger partial charge in [0, 0.05) is 12.6 Å². The third-order valence-corrected chi connectivity index (χ3v) is 7.43. The second-order valence-electron chi connectivity index (χ2n) is 9.04. The Morgan fingerprint density at radius 3 is 2.21 bits per heavy atom. The van der Waals surface area contributed by atoms with Crippen molar-refractivity contribution in [1.82, 2.24) is 10.2 Å². The van der Waals surface area contributed by atoms with Crippen molar-refractivity contribution >= 4 is 17.3 Å². The SMILES string of the molecule is COc1ccc(C[C@@H]2c3cc(OC)c(OC)cc3CCN2C(=S)NC2CCCCC2)cc1OC. The van der Waals surface area contributed by atoms with Crippen LogP contribution in [-0.4, -0.2) is 51.0 Å². The van der Waals surface area contributed by atoms with Gasteiger partial charge in [0.05, 0.1) is 34.5 Å². The molecule has 1 fully saturated rings. The van der Waals surface area contributed by atoms with E-state index >= 15 is 0 Å². The van der Waals surface area contributed by atoms with Crippen LogP contribution in [0.25, 0.3) is 0 Å². The molecule has 2 aliphatic rings. The zero-order valence-corrected chi connectivity index (χ0v) is 21.5. The lowest BCUT2D eigenvalue weighted by Gasteiger charge is -2.41. The fraction of sp³-hybridized carbons (Fsp3) is 0.519. The minimum absolute atomic E-state index is 0.0743. The van der Waals surface area contributed by atoms with Crippen LogP contribution < -0.4 is 24.3 Å². The molecule has 0 aromatic heterocycles. The Balaban J connectivity index is 1.68. The van der Waals surface area contributed by atoms with Crippen LogP contribution in [0, 0.1) is 0 Å². The van der Waals surface area contributed by atoms with Gasteiger partial charge in [-0.3, -0.25) is 0 Å². The van der Waals surface area contributed by atoms with E-state index in [0.717, 1.165) is 53.1 Å². The highest BCUT2D eigenvalue weighted by Crippen LogP contribution is 2.40. The van der Waals surface area contributed by atoms with Crippen molar-refractivity contribution in [2.45, 2.75) is 57.0 Å². The standard InChI is InChI=1S/C27H36N2O4S/c1-30-23-11-10-18(15-24(23)31-2)14-22-21-17-26(33-4)25(32-3)16-19(21)12-13-29(22)27(34)28-20-8-6-5-7-9-20/h10-11,15-17,20,22H,5-9,12-14H2,1-4H3,(H,28,34)/t22-/m1/s1. The molecule has 6 nitrogen and oxygen atoms in total. The van der Waals surface area contributed by atoms with Crippen molar-refractivity contribution in [1.29, 1.82) is 0 Å². The summed E-state index contributed by atoms with van der Waals surface area (Å²) in [5, 5.41) is 4.53. The van der Waals surface area contributed by atoms with Crippen LogP contribution in [-0.2, 0) is 12.8 Å². The van der Waals surface area contributed by atoms with E-state index in [1.807, 2.05) is 6.07 Å². The molecule has 7 heteroatoms. The van der Waals surface area contributed by atoms with E-state index in [-0.39, 0.29) is 6.04 Å². The molecule has 0 unspecified atom stereocenters. The number of rotatable bonds is 7. The van der Waals surface area contributed by atoms with E-state index in [0.29, 0.717) is 6.04 Å². The molecular weight excluding hydrogens is 448 g/mol. The summed E-state index contributed by atoms with van der Waals surface area (Å²) in [5.41, 5.74) is 3.67. The second kappa shape index (κ2) is 11.2. The number of hydrogen-bond acceptors (Lipinski definition) is 5. The quantitative estimate of drug-likeness (QED) is 0.551. The number of nitrogens with one attached hydrogen (secondary N) is 1. The third kappa shape index (κ3) is 5.19. The van der Waals surface area contributed by atoms with Gasteiger partial charge < -0.3 is 29.2 Å². The summed E-state index contributed by atoms with van der Waals surface area (Å²) in [7, 11) is 6.70. The van der Waals surface area contributed by atoms with Gasteiger partial charge in [-0.15, -0.1) is 0 Å². The maximum atomic E-state index is 5.99. The smallest absolute Gasteiger partial charge is 0.169 e. The number of benzene rings is 2. The minimum atomic E-state index is 0.0743. The van der Waals surface area contributed by atoms with Crippen LogP contribution in [0.5, 0.6) is 23.0 Å². The Morgan fingerprint density at radius 1 is 0.882 bits per heavy atom. The van der Waals surface area contributed by atoms with Crippen molar-refractivity contribution in [3.05, 3.63) is 47.0 Å². The Bertz CT molecular complexity index is 1010. The zero-order chi connectivity index (χ0) is 24.1. The molecule has 1 atom stereocenters. The molecule has 0 spiro atoms. The number of methoxy groups -OCH3 is 4.